The van der Waals surface area contributed by atoms with Crippen LogP contribution in [0.2, 0.25) is 0 Å². The SMILES string of the molecule is CCCN(C)C(=O)c1ccc(-n2nc(C(=O)OCC)cc2-c2cccc(OC)c2)cc1. The van der Waals surface area contributed by atoms with Crippen molar-refractivity contribution in [1.29, 1.82) is 0 Å². The zero-order valence-electron chi connectivity index (χ0n) is 18.3. The molecule has 0 unspecified atom stereocenters. The molecule has 0 aliphatic rings. The van der Waals surface area contributed by atoms with Gasteiger partial charge < -0.3 is 14.4 Å². The van der Waals surface area contributed by atoms with Gasteiger partial charge in [0.05, 0.1) is 25.1 Å². The normalized spacial score (nSPS) is 10.6. The van der Waals surface area contributed by atoms with E-state index in [4.69, 9.17) is 9.47 Å². The van der Waals surface area contributed by atoms with Crippen molar-refractivity contribution in [3.05, 3.63) is 65.9 Å². The van der Waals surface area contributed by atoms with Crippen LogP contribution in [0.15, 0.2) is 54.6 Å². The number of carbonyl (C=O) groups excluding carboxylic acids is 2. The first kappa shape index (κ1) is 22.1. The first-order chi connectivity index (χ1) is 15.0. The fraction of sp³-hybridized carbons (Fsp3) is 0.292. The van der Waals surface area contributed by atoms with Crippen molar-refractivity contribution in [2.45, 2.75) is 20.3 Å². The molecule has 0 bridgehead atoms. The van der Waals surface area contributed by atoms with Gasteiger partial charge in [-0.05, 0) is 55.8 Å². The maximum Gasteiger partial charge on any atom is 0.358 e. The highest BCUT2D eigenvalue weighted by molar-refractivity contribution is 5.94. The van der Waals surface area contributed by atoms with Crippen LogP contribution in [-0.4, -0.2) is 53.9 Å². The molecule has 3 aromatic rings. The van der Waals surface area contributed by atoms with Crippen LogP contribution < -0.4 is 4.74 Å². The summed E-state index contributed by atoms with van der Waals surface area (Å²) < 4.78 is 12.1. The number of aromatic nitrogens is 2. The summed E-state index contributed by atoms with van der Waals surface area (Å²) >= 11 is 0. The quantitative estimate of drug-likeness (QED) is 0.510. The Morgan fingerprint density at radius 1 is 1.06 bits per heavy atom. The van der Waals surface area contributed by atoms with E-state index in [0.717, 1.165) is 17.7 Å². The molecule has 0 N–H and O–H groups in total. The summed E-state index contributed by atoms with van der Waals surface area (Å²) in [5, 5.41) is 4.48. The summed E-state index contributed by atoms with van der Waals surface area (Å²) in [6.07, 6.45) is 0.897. The number of methoxy groups -OCH3 is 1. The lowest BCUT2D eigenvalue weighted by Crippen LogP contribution is -2.27. The van der Waals surface area contributed by atoms with Gasteiger partial charge in [0.2, 0.25) is 0 Å². The van der Waals surface area contributed by atoms with Crippen molar-refractivity contribution in [2.75, 3.05) is 27.3 Å². The molecule has 1 aromatic heterocycles. The second-order valence-electron chi connectivity index (χ2n) is 7.05. The Morgan fingerprint density at radius 3 is 2.45 bits per heavy atom. The number of carbonyl (C=O) groups is 2. The van der Waals surface area contributed by atoms with E-state index in [2.05, 4.69) is 5.10 Å². The van der Waals surface area contributed by atoms with Crippen LogP contribution in [-0.2, 0) is 4.74 Å². The molecular formula is C24H27N3O4. The topological polar surface area (TPSA) is 73.7 Å². The third-order valence-electron chi connectivity index (χ3n) is 4.82. The molecule has 2 aromatic carbocycles. The van der Waals surface area contributed by atoms with Crippen molar-refractivity contribution in [2.24, 2.45) is 0 Å². The maximum absolute atomic E-state index is 12.5. The van der Waals surface area contributed by atoms with Gasteiger partial charge in [-0.25, -0.2) is 9.48 Å². The zero-order chi connectivity index (χ0) is 22.4. The first-order valence-corrected chi connectivity index (χ1v) is 10.3. The van der Waals surface area contributed by atoms with Crippen LogP contribution >= 0.6 is 0 Å². The van der Waals surface area contributed by atoms with Gasteiger partial charge >= 0.3 is 5.97 Å². The van der Waals surface area contributed by atoms with Crippen molar-refractivity contribution >= 4 is 11.9 Å². The van der Waals surface area contributed by atoms with Gasteiger partial charge in [0, 0.05) is 24.7 Å². The van der Waals surface area contributed by atoms with Crippen molar-refractivity contribution in [3.8, 4) is 22.7 Å². The summed E-state index contributed by atoms with van der Waals surface area (Å²) in [5.41, 5.74) is 3.08. The number of ether oxygens (including phenoxy) is 2. The number of esters is 1. The molecule has 7 heteroatoms. The summed E-state index contributed by atoms with van der Waals surface area (Å²) in [5.74, 6) is 0.176. The minimum absolute atomic E-state index is 0.0332. The Morgan fingerprint density at radius 2 is 1.81 bits per heavy atom. The van der Waals surface area contributed by atoms with Crippen LogP contribution in [0.1, 0.15) is 41.1 Å². The van der Waals surface area contributed by atoms with Crippen LogP contribution in [0, 0.1) is 0 Å². The van der Waals surface area contributed by atoms with Crippen molar-refractivity contribution < 1.29 is 19.1 Å². The molecule has 0 atom stereocenters. The third-order valence-corrected chi connectivity index (χ3v) is 4.82. The zero-order valence-corrected chi connectivity index (χ0v) is 18.3. The lowest BCUT2D eigenvalue weighted by molar-refractivity contribution is 0.0518. The van der Waals surface area contributed by atoms with Crippen molar-refractivity contribution in [1.82, 2.24) is 14.7 Å². The van der Waals surface area contributed by atoms with E-state index >= 15 is 0 Å². The average Bonchev–Trinajstić information content (AvgIpc) is 3.25. The van der Waals surface area contributed by atoms with E-state index in [0.29, 0.717) is 23.6 Å². The third kappa shape index (κ3) is 4.94. The molecule has 1 heterocycles. The predicted molar refractivity (Wildman–Crippen MR) is 119 cm³/mol. The molecule has 31 heavy (non-hydrogen) atoms. The lowest BCUT2D eigenvalue weighted by Gasteiger charge is -2.16. The number of rotatable bonds is 8. The molecule has 0 spiro atoms. The van der Waals surface area contributed by atoms with E-state index in [1.807, 2.05) is 43.3 Å². The molecule has 1 amide bonds. The molecular weight excluding hydrogens is 394 g/mol. The van der Waals surface area contributed by atoms with Gasteiger partial charge in [-0.1, -0.05) is 19.1 Å². The van der Waals surface area contributed by atoms with Gasteiger partial charge in [0.1, 0.15) is 5.75 Å². The molecule has 0 saturated heterocycles. The van der Waals surface area contributed by atoms with E-state index in [-0.39, 0.29) is 18.2 Å². The Kier molecular flexibility index (Phi) is 7.07. The minimum atomic E-state index is -0.488. The van der Waals surface area contributed by atoms with E-state index in [1.54, 1.807) is 48.9 Å². The van der Waals surface area contributed by atoms with E-state index in [1.165, 1.54) is 0 Å². The van der Waals surface area contributed by atoms with Crippen LogP contribution in [0.4, 0.5) is 0 Å². The van der Waals surface area contributed by atoms with Gasteiger partial charge in [-0.15, -0.1) is 0 Å². The smallest absolute Gasteiger partial charge is 0.358 e. The first-order valence-electron chi connectivity index (χ1n) is 10.3. The number of nitrogens with zero attached hydrogens (tertiary/aromatic N) is 3. The lowest BCUT2D eigenvalue weighted by atomic mass is 10.1. The maximum atomic E-state index is 12.5. The Balaban J connectivity index is 2.02. The molecule has 162 valence electrons. The fourth-order valence-electron chi connectivity index (χ4n) is 3.27. The Bertz CT molecular complexity index is 1060. The fourth-order valence-corrected chi connectivity index (χ4v) is 3.27. The summed E-state index contributed by atoms with van der Waals surface area (Å²) in [6, 6.07) is 16.4. The minimum Gasteiger partial charge on any atom is -0.497 e. The number of hydrogen-bond acceptors (Lipinski definition) is 5. The van der Waals surface area contributed by atoms with E-state index in [9.17, 15) is 9.59 Å². The highest BCUT2D eigenvalue weighted by Gasteiger charge is 2.19. The highest BCUT2D eigenvalue weighted by atomic mass is 16.5. The average molecular weight is 421 g/mol. The molecule has 0 aliphatic carbocycles. The second kappa shape index (κ2) is 9.93. The highest BCUT2D eigenvalue weighted by Crippen LogP contribution is 2.27. The van der Waals surface area contributed by atoms with Gasteiger partial charge in [0.15, 0.2) is 5.69 Å². The van der Waals surface area contributed by atoms with Crippen LogP contribution in [0.3, 0.4) is 0 Å². The molecule has 0 fully saturated rings. The molecule has 0 radical (unpaired) electrons. The molecule has 0 aliphatic heterocycles. The standard InChI is InChI=1S/C24H27N3O4/c1-5-14-26(3)23(28)17-10-12-19(13-11-17)27-22(16-21(25-27)24(29)31-6-2)18-8-7-9-20(15-18)30-4/h7-13,15-16H,5-6,14H2,1-4H3. The number of hydrogen-bond donors (Lipinski definition) is 0. The summed E-state index contributed by atoms with van der Waals surface area (Å²) in [7, 11) is 3.39. The molecule has 7 nitrogen and oxygen atoms in total. The van der Waals surface area contributed by atoms with Crippen molar-refractivity contribution in [3.63, 3.8) is 0 Å². The van der Waals surface area contributed by atoms with E-state index < -0.39 is 5.97 Å². The number of benzene rings is 2. The summed E-state index contributed by atoms with van der Waals surface area (Å²) in [4.78, 5) is 26.5. The van der Waals surface area contributed by atoms with Gasteiger partial charge in [-0.2, -0.15) is 5.10 Å². The molecule has 3 rings (SSSR count). The van der Waals surface area contributed by atoms with Crippen LogP contribution in [0.25, 0.3) is 16.9 Å². The monoisotopic (exact) mass is 421 g/mol. The predicted octanol–water partition coefficient (Wildman–Crippen LogP) is 4.21. The Labute approximate surface area is 182 Å². The summed E-state index contributed by atoms with van der Waals surface area (Å²) in [6.45, 7) is 4.75. The Hall–Kier alpha value is -3.61. The van der Waals surface area contributed by atoms with Gasteiger partial charge in [-0.3, -0.25) is 4.79 Å². The van der Waals surface area contributed by atoms with Gasteiger partial charge in [0.25, 0.3) is 5.91 Å². The van der Waals surface area contributed by atoms with Crippen LogP contribution in [0.5, 0.6) is 5.75 Å². The second-order valence-corrected chi connectivity index (χ2v) is 7.05. The largest absolute Gasteiger partial charge is 0.497 e. The number of amides is 1. The molecule has 0 saturated carbocycles.